The van der Waals surface area contributed by atoms with Crippen molar-refractivity contribution < 1.29 is 14.2 Å². The minimum Gasteiger partial charge on any atom is -0.490 e. The number of nitrogens with zero attached hydrogens (tertiary/aromatic N) is 2. The average molecular weight is 455 g/mol. The summed E-state index contributed by atoms with van der Waals surface area (Å²) in [5.74, 6) is 2.23. The van der Waals surface area contributed by atoms with Gasteiger partial charge in [0, 0.05) is 18.8 Å². The first-order valence-corrected chi connectivity index (χ1v) is 12.7. The van der Waals surface area contributed by atoms with Gasteiger partial charge in [-0.25, -0.2) is 9.97 Å². The van der Waals surface area contributed by atoms with Crippen molar-refractivity contribution in [3.63, 3.8) is 0 Å². The molecular formula is C28H42N2O3. The third-order valence-corrected chi connectivity index (χ3v) is 5.32. The summed E-state index contributed by atoms with van der Waals surface area (Å²) in [6.07, 6.45) is 19.7. The van der Waals surface area contributed by atoms with Gasteiger partial charge in [-0.15, -0.1) is 0 Å². The zero-order valence-corrected chi connectivity index (χ0v) is 20.6. The van der Waals surface area contributed by atoms with Crippen molar-refractivity contribution in [2.45, 2.75) is 78.1 Å². The second kappa shape index (κ2) is 18.1. The molecule has 0 amide bonds. The van der Waals surface area contributed by atoms with E-state index in [1.165, 1.54) is 44.9 Å². The fraction of sp³-hybridized carbons (Fsp3) is 0.571. The van der Waals surface area contributed by atoms with Gasteiger partial charge < -0.3 is 14.2 Å². The Bertz CT molecular complexity index is 745. The molecule has 1 heterocycles. The Morgan fingerprint density at radius 2 is 1.33 bits per heavy atom. The van der Waals surface area contributed by atoms with Crippen molar-refractivity contribution in [2.24, 2.45) is 0 Å². The summed E-state index contributed by atoms with van der Waals surface area (Å²) in [7, 11) is 0. The average Bonchev–Trinajstić information content (AvgIpc) is 2.85. The number of unbranched alkanes of at least 4 members (excludes halogenated alkanes) is 7. The molecule has 2 aromatic rings. The van der Waals surface area contributed by atoms with E-state index in [4.69, 9.17) is 14.2 Å². The van der Waals surface area contributed by atoms with E-state index in [9.17, 15) is 0 Å². The van der Waals surface area contributed by atoms with Crippen molar-refractivity contribution in [3.05, 3.63) is 48.8 Å². The fourth-order valence-electron chi connectivity index (χ4n) is 3.31. The highest BCUT2D eigenvalue weighted by atomic mass is 16.5. The molecule has 2 rings (SSSR count). The van der Waals surface area contributed by atoms with E-state index in [1.807, 2.05) is 24.3 Å². The third kappa shape index (κ3) is 12.4. The van der Waals surface area contributed by atoms with Gasteiger partial charge in [-0.3, -0.25) is 0 Å². The van der Waals surface area contributed by atoms with Crippen LogP contribution in [0.25, 0.3) is 11.4 Å². The van der Waals surface area contributed by atoms with Gasteiger partial charge >= 0.3 is 0 Å². The van der Waals surface area contributed by atoms with Crippen LogP contribution in [0, 0.1) is 0 Å². The Labute approximate surface area is 200 Å². The van der Waals surface area contributed by atoms with E-state index in [0.717, 1.165) is 43.8 Å². The van der Waals surface area contributed by atoms with Crippen LogP contribution < -0.4 is 9.47 Å². The molecule has 1 aromatic heterocycles. The Kier molecular flexibility index (Phi) is 14.7. The van der Waals surface area contributed by atoms with E-state index < -0.39 is 0 Å². The highest BCUT2D eigenvalue weighted by Crippen LogP contribution is 2.20. The third-order valence-electron chi connectivity index (χ3n) is 5.32. The highest BCUT2D eigenvalue weighted by molar-refractivity contribution is 5.56. The van der Waals surface area contributed by atoms with Gasteiger partial charge in [0.1, 0.15) is 12.4 Å². The summed E-state index contributed by atoms with van der Waals surface area (Å²) in [5.41, 5.74) is 0.958. The predicted octanol–water partition coefficient (Wildman–Crippen LogP) is 7.41. The maximum absolute atomic E-state index is 5.77. The number of hydrogen-bond donors (Lipinski definition) is 0. The molecule has 0 saturated heterocycles. The standard InChI is InChI=1S/C28H42N2O3/c1-3-5-7-9-10-12-21-32-26-17-15-25(16-18-26)28-29-23-27(24-30-28)33-22-14-13-20-31-19-11-8-6-4-2/h10,12,15-18,23-24H,3-9,11,13-14,19-22H2,1-2H3/b12-10+. The monoisotopic (exact) mass is 454 g/mol. The lowest BCUT2D eigenvalue weighted by molar-refractivity contribution is 0.122. The molecule has 0 aliphatic rings. The largest absolute Gasteiger partial charge is 0.490 e. The molecule has 1 aromatic carbocycles. The number of aromatic nitrogens is 2. The zero-order valence-electron chi connectivity index (χ0n) is 20.6. The van der Waals surface area contributed by atoms with Crippen molar-refractivity contribution in [3.8, 4) is 22.9 Å². The minimum absolute atomic E-state index is 0.596. The van der Waals surface area contributed by atoms with Gasteiger partial charge in [-0.1, -0.05) is 58.1 Å². The molecular weight excluding hydrogens is 412 g/mol. The summed E-state index contributed by atoms with van der Waals surface area (Å²) in [5, 5.41) is 0. The van der Waals surface area contributed by atoms with Crippen LogP contribution in [0.15, 0.2) is 48.8 Å². The van der Waals surface area contributed by atoms with Crippen LogP contribution in [0.3, 0.4) is 0 Å². The number of ether oxygens (including phenoxy) is 3. The first-order valence-electron chi connectivity index (χ1n) is 12.7. The van der Waals surface area contributed by atoms with Crippen LogP contribution in [0.5, 0.6) is 11.5 Å². The summed E-state index contributed by atoms with van der Waals surface area (Å²) in [6, 6.07) is 7.89. The quantitative estimate of drug-likeness (QED) is 0.163. The van der Waals surface area contributed by atoms with Gasteiger partial charge in [0.2, 0.25) is 0 Å². The molecule has 0 N–H and O–H groups in total. The Morgan fingerprint density at radius 3 is 2.06 bits per heavy atom. The number of benzene rings is 1. The summed E-state index contributed by atoms with van der Waals surface area (Å²) in [4.78, 5) is 8.88. The fourth-order valence-corrected chi connectivity index (χ4v) is 3.31. The van der Waals surface area contributed by atoms with E-state index in [1.54, 1.807) is 12.4 Å². The summed E-state index contributed by atoms with van der Waals surface area (Å²) >= 11 is 0. The van der Waals surface area contributed by atoms with Crippen LogP contribution in [0.2, 0.25) is 0 Å². The predicted molar refractivity (Wildman–Crippen MR) is 136 cm³/mol. The lowest BCUT2D eigenvalue weighted by atomic mass is 10.2. The second-order valence-corrected chi connectivity index (χ2v) is 8.27. The second-order valence-electron chi connectivity index (χ2n) is 8.27. The van der Waals surface area contributed by atoms with Crippen LogP contribution in [0.1, 0.15) is 78.1 Å². The Hall–Kier alpha value is -2.40. The van der Waals surface area contributed by atoms with E-state index in [2.05, 4.69) is 36.0 Å². The number of allylic oxidation sites excluding steroid dienone is 1. The van der Waals surface area contributed by atoms with E-state index in [-0.39, 0.29) is 0 Å². The van der Waals surface area contributed by atoms with Crippen LogP contribution in [-0.2, 0) is 4.74 Å². The Morgan fingerprint density at radius 1 is 0.667 bits per heavy atom. The van der Waals surface area contributed by atoms with Gasteiger partial charge in [-0.2, -0.15) is 0 Å². The molecule has 33 heavy (non-hydrogen) atoms. The SMILES string of the molecule is CCCCC/C=C/COc1ccc(-c2ncc(OCCCCOCCCCCC)cn2)cc1. The van der Waals surface area contributed by atoms with Crippen molar-refractivity contribution in [1.82, 2.24) is 9.97 Å². The molecule has 0 radical (unpaired) electrons. The van der Waals surface area contributed by atoms with Gasteiger partial charge in [0.15, 0.2) is 11.6 Å². The molecule has 0 aliphatic heterocycles. The zero-order chi connectivity index (χ0) is 23.4. The maximum atomic E-state index is 5.77. The lowest BCUT2D eigenvalue weighted by Gasteiger charge is -2.08. The molecule has 0 saturated carbocycles. The molecule has 0 spiro atoms. The lowest BCUT2D eigenvalue weighted by Crippen LogP contribution is -2.02. The van der Waals surface area contributed by atoms with Gasteiger partial charge in [0.25, 0.3) is 0 Å². The van der Waals surface area contributed by atoms with Gasteiger partial charge in [-0.05, 0) is 56.4 Å². The topological polar surface area (TPSA) is 53.5 Å². The molecule has 5 heteroatoms. The molecule has 0 bridgehead atoms. The van der Waals surface area contributed by atoms with E-state index in [0.29, 0.717) is 24.8 Å². The molecule has 5 nitrogen and oxygen atoms in total. The number of hydrogen-bond acceptors (Lipinski definition) is 5. The Balaban J connectivity index is 1.61. The van der Waals surface area contributed by atoms with E-state index >= 15 is 0 Å². The van der Waals surface area contributed by atoms with Crippen LogP contribution >= 0.6 is 0 Å². The molecule has 0 aliphatic carbocycles. The maximum Gasteiger partial charge on any atom is 0.159 e. The van der Waals surface area contributed by atoms with Crippen molar-refractivity contribution in [1.29, 1.82) is 0 Å². The molecule has 0 unspecified atom stereocenters. The highest BCUT2D eigenvalue weighted by Gasteiger charge is 2.03. The van der Waals surface area contributed by atoms with Crippen molar-refractivity contribution in [2.75, 3.05) is 26.4 Å². The molecule has 0 fully saturated rings. The molecule has 182 valence electrons. The molecule has 0 atom stereocenters. The minimum atomic E-state index is 0.596. The van der Waals surface area contributed by atoms with Crippen LogP contribution in [0.4, 0.5) is 0 Å². The normalized spacial score (nSPS) is 11.2. The first-order chi connectivity index (χ1) is 16.3. The first kappa shape index (κ1) is 26.8. The van der Waals surface area contributed by atoms with Crippen LogP contribution in [-0.4, -0.2) is 36.4 Å². The van der Waals surface area contributed by atoms with Gasteiger partial charge in [0.05, 0.1) is 19.0 Å². The summed E-state index contributed by atoms with van der Waals surface area (Å²) in [6.45, 7) is 7.38. The summed E-state index contributed by atoms with van der Waals surface area (Å²) < 4.78 is 17.2. The smallest absolute Gasteiger partial charge is 0.159 e. The number of rotatable bonds is 19. The van der Waals surface area contributed by atoms with Crippen molar-refractivity contribution >= 4 is 0 Å².